The molecule has 0 spiro atoms. The molecule has 0 aliphatic rings. The molecule has 0 fully saturated rings. The fourth-order valence-corrected chi connectivity index (χ4v) is 3.60. The lowest BCUT2D eigenvalue weighted by Gasteiger charge is -2.35. The molecule has 2 heterocycles. The van der Waals surface area contributed by atoms with E-state index in [2.05, 4.69) is 15.4 Å². The molecule has 0 aliphatic heterocycles. The van der Waals surface area contributed by atoms with Gasteiger partial charge in [-0.2, -0.15) is 5.10 Å². The molecule has 4 aromatic rings. The number of carbonyl (C=O) groups excluding carboxylic acids is 1. The quantitative estimate of drug-likeness (QED) is 0.421. The fourth-order valence-electron chi connectivity index (χ4n) is 3.47. The number of carbonyl (C=O) groups is 1. The van der Waals surface area contributed by atoms with Gasteiger partial charge in [0.25, 0.3) is 5.91 Å². The first-order valence-electron chi connectivity index (χ1n) is 9.93. The van der Waals surface area contributed by atoms with E-state index in [-0.39, 0.29) is 17.9 Å². The third-order valence-electron chi connectivity index (χ3n) is 5.29. The molecular weight excluding hydrogens is 454 g/mol. The highest BCUT2D eigenvalue weighted by Gasteiger charge is 2.40. The van der Waals surface area contributed by atoms with Crippen molar-refractivity contribution < 1.29 is 23.1 Å². The summed E-state index contributed by atoms with van der Waals surface area (Å²) in [4.78, 5) is 16.7. The average Bonchev–Trinajstić information content (AvgIpc) is 3.46. The summed E-state index contributed by atoms with van der Waals surface area (Å²) >= 11 is 5.90. The van der Waals surface area contributed by atoms with Crippen LogP contribution in [-0.2, 0) is 12.1 Å². The lowest BCUT2D eigenvalue weighted by atomic mass is 9.86. The number of hydrogen-bond donors (Lipinski definition) is 2. The number of aromatic nitrogens is 3. The predicted molar refractivity (Wildman–Crippen MR) is 116 cm³/mol. The SMILES string of the molecule is C[C@@H](NC(=O)c1ccc(-c2ccc(Cl)cc2)o1)[C@](O)(Cn1cncn1)c1ccc(F)cc1F. The van der Waals surface area contributed by atoms with E-state index >= 15 is 0 Å². The Balaban J connectivity index is 1.59. The van der Waals surface area contributed by atoms with Crippen molar-refractivity contribution in [3.8, 4) is 11.3 Å². The summed E-state index contributed by atoms with van der Waals surface area (Å²) in [7, 11) is 0. The molecule has 0 unspecified atom stereocenters. The zero-order valence-corrected chi connectivity index (χ0v) is 18.1. The molecule has 10 heteroatoms. The molecule has 2 N–H and O–H groups in total. The van der Waals surface area contributed by atoms with Gasteiger partial charge in [-0.15, -0.1) is 0 Å². The molecule has 0 saturated heterocycles. The molecular formula is C23H19ClF2N4O3. The molecule has 0 bridgehead atoms. The summed E-state index contributed by atoms with van der Waals surface area (Å²) in [5.74, 6) is -1.92. The van der Waals surface area contributed by atoms with E-state index in [1.807, 2.05) is 0 Å². The minimum absolute atomic E-state index is 0.00511. The number of hydrogen-bond acceptors (Lipinski definition) is 5. The number of amides is 1. The zero-order chi connectivity index (χ0) is 23.6. The lowest BCUT2D eigenvalue weighted by Crippen LogP contribution is -2.51. The third-order valence-corrected chi connectivity index (χ3v) is 5.54. The van der Waals surface area contributed by atoms with Crippen LogP contribution in [0.15, 0.2) is 71.7 Å². The van der Waals surface area contributed by atoms with Gasteiger partial charge < -0.3 is 14.8 Å². The Bertz CT molecular complexity index is 1260. The maximum absolute atomic E-state index is 14.6. The van der Waals surface area contributed by atoms with Crippen molar-refractivity contribution in [2.75, 3.05) is 0 Å². The number of halogens is 3. The van der Waals surface area contributed by atoms with Gasteiger partial charge in [0.05, 0.1) is 12.6 Å². The monoisotopic (exact) mass is 472 g/mol. The molecule has 0 saturated carbocycles. The van der Waals surface area contributed by atoms with Gasteiger partial charge in [-0.3, -0.25) is 4.79 Å². The predicted octanol–water partition coefficient (Wildman–Crippen LogP) is 4.18. The Hall–Kier alpha value is -3.56. The molecule has 170 valence electrons. The van der Waals surface area contributed by atoms with Gasteiger partial charge in [0.15, 0.2) is 5.76 Å². The summed E-state index contributed by atoms with van der Waals surface area (Å²) < 4.78 is 35.0. The van der Waals surface area contributed by atoms with E-state index in [0.717, 1.165) is 17.7 Å². The molecule has 0 aliphatic carbocycles. The van der Waals surface area contributed by atoms with E-state index in [4.69, 9.17) is 16.0 Å². The van der Waals surface area contributed by atoms with Crippen LogP contribution in [0.5, 0.6) is 0 Å². The third kappa shape index (κ3) is 4.79. The summed E-state index contributed by atoms with van der Waals surface area (Å²) in [6.07, 6.45) is 2.59. The van der Waals surface area contributed by atoms with E-state index < -0.39 is 29.2 Å². The highest BCUT2D eigenvalue weighted by molar-refractivity contribution is 6.30. The van der Waals surface area contributed by atoms with Crippen molar-refractivity contribution in [1.29, 1.82) is 0 Å². The van der Waals surface area contributed by atoms with Crippen molar-refractivity contribution in [2.45, 2.75) is 25.1 Å². The van der Waals surface area contributed by atoms with E-state index in [1.165, 1.54) is 30.3 Å². The highest BCUT2D eigenvalue weighted by Crippen LogP contribution is 2.31. The van der Waals surface area contributed by atoms with Gasteiger partial charge in [-0.05, 0) is 49.4 Å². The van der Waals surface area contributed by atoms with Crippen LogP contribution in [-0.4, -0.2) is 31.8 Å². The molecule has 2 aromatic carbocycles. The molecule has 4 rings (SSSR count). The Morgan fingerprint density at radius 3 is 2.64 bits per heavy atom. The smallest absolute Gasteiger partial charge is 0.287 e. The first kappa shape index (κ1) is 22.6. The van der Waals surface area contributed by atoms with Gasteiger partial charge in [0.1, 0.15) is 35.7 Å². The summed E-state index contributed by atoms with van der Waals surface area (Å²) in [5.41, 5.74) is -1.46. The van der Waals surface area contributed by atoms with Gasteiger partial charge in [0.2, 0.25) is 0 Å². The van der Waals surface area contributed by atoms with Crippen LogP contribution >= 0.6 is 11.6 Å². The number of rotatable bonds is 7. The van der Waals surface area contributed by atoms with Gasteiger partial charge in [-0.1, -0.05) is 17.7 Å². The normalized spacial score (nSPS) is 14.0. The van der Waals surface area contributed by atoms with Crippen LogP contribution in [0.2, 0.25) is 5.02 Å². The van der Waals surface area contributed by atoms with Crippen LogP contribution in [0.1, 0.15) is 23.0 Å². The topological polar surface area (TPSA) is 93.2 Å². The minimum Gasteiger partial charge on any atom is -0.451 e. The Morgan fingerprint density at radius 2 is 1.97 bits per heavy atom. The number of benzene rings is 2. The first-order valence-corrected chi connectivity index (χ1v) is 10.3. The van der Waals surface area contributed by atoms with Crippen molar-refractivity contribution in [3.63, 3.8) is 0 Å². The standard InChI is InChI=1S/C23H19ClF2N4O3/c1-14(29-22(31)21-9-8-20(33-21)15-2-4-16(24)5-3-15)23(32,11-30-13-27-12-28-30)18-7-6-17(25)10-19(18)26/h2-10,12-14,32H,11H2,1H3,(H,29,31)/t14-,23-/m1/s1. The summed E-state index contributed by atoms with van der Waals surface area (Å²) in [6.45, 7) is 1.26. The Kier molecular flexibility index (Phi) is 6.26. The second kappa shape index (κ2) is 9.13. The minimum atomic E-state index is -1.98. The Labute approximate surface area is 192 Å². The van der Waals surface area contributed by atoms with Crippen LogP contribution in [0.4, 0.5) is 8.78 Å². The van der Waals surface area contributed by atoms with Crippen LogP contribution in [0.3, 0.4) is 0 Å². The van der Waals surface area contributed by atoms with Crippen molar-refractivity contribution >= 4 is 17.5 Å². The van der Waals surface area contributed by atoms with E-state index in [0.29, 0.717) is 16.8 Å². The zero-order valence-electron chi connectivity index (χ0n) is 17.4. The second-order valence-corrected chi connectivity index (χ2v) is 7.94. The van der Waals surface area contributed by atoms with Crippen molar-refractivity contribution in [3.05, 3.63) is 95.2 Å². The van der Waals surface area contributed by atoms with E-state index in [1.54, 1.807) is 30.3 Å². The molecule has 0 radical (unpaired) electrons. The molecule has 7 nitrogen and oxygen atoms in total. The maximum Gasteiger partial charge on any atom is 0.287 e. The summed E-state index contributed by atoms with van der Waals surface area (Å²) in [5, 5.41) is 18.6. The molecule has 2 atom stereocenters. The van der Waals surface area contributed by atoms with Crippen molar-refractivity contribution in [2.24, 2.45) is 0 Å². The van der Waals surface area contributed by atoms with Gasteiger partial charge >= 0.3 is 0 Å². The molecule has 2 aromatic heterocycles. The van der Waals surface area contributed by atoms with Crippen LogP contribution in [0.25, 0.3) is 11.3 Å². The number of nitrogens with zero attached hydrogens (tertiary/aromatic N) is 3. The lowest BCUT2D eigenvalue weighted by molar-refractivity contribution is -0.0188. The second-order valence-electron chi connectivity index (χ2n) is 7.51. The fraction of sp³-hybridized carbons (Fsp3) is 0.174. The molecule has 33 heavy (non-hydrogen) atoms. The first-order chi connectivity index (χ1) is 15.8. The Morgan fingerprint density at radius 1 is 1.21 bits per heavy atom. The summed E-state index contributed by atoms with van der Waals surface area (Å²) in [6, 6.07) is 11.8. The number of aliphatic hydroxyl groups is 1. The maximum atomic E-state index is 14.6. The largest absolute Gasteiger partial charge is 0.451 e. The van der Waals surface area contributed by atoms with Gasteiger partial charge in [0, 0.05) is 22.2 Å². The van der Waals surface area contributed by atoms with Crippen molar-refractivity contribution in [1.82, 2.24) is 20.1 Å². The van der Waals surface area contributed by atoms with Crippen LogP contribution in [0, 0.1) is 11.6 Å². The number of nitrogens with one attached hydrogen (secondary N) is 1. The molecule has 1 amide bonds. The highest BCUT2D eigenvalue weighted by atomic mass is 35.5. The van der Waals surface area contributed by atoms with Gasteiger partial charge in [-0.25, -0.2) is 18.4 Å². The average molecular weight is 473 g/mol. The van der Waals surface area contributed by atoms with Crippen LogP contribution < -0.4 is 5.32 Å². The number of furan rings is 1. The van der Waals surface area contributed by atoms with E-state index in [9.17, 15) is 18.7 Å².